The molecule has 0 unspecified atom stereocenters. The molecule has 2 rings (SSSR count). The number of hydrogen-bond acceptors (Lipinski definition) is 2. The van der Waals surface area contributed by atoms with E-state index in [1.54, 1.807) is 24.3 Å². The quantitative estimate of drug-likeness (QED) is 0.899. The van der Waals surface area contributed by atoms with E-state index >= 15 is 0 Å². The van der Waals surface area contributed by atoms with Crippen LogP contribution in [0.3, 0.4) is 0 Å². The average Bonchev–Trinajstić information content (AvgIpc) is 2.99. The van der Waals surface area contributed by atoms with E-state index in [0.29, 0.717) is 4.90 Å². The Labute approximate surface area is 103 Å². The number of hydrogen-bond donors (Lipinski definition) is 1. The number of sulfonamides is 1. The molecule has 1 aliphatic carbocycles. The van der Waals surface area contributed by atoms with E-state index in [2.05, 4.69) is 25.5 Å². The van der Waals surface area contributed by atoms with Crippen LogP contribution in [-0.4, -0.2) is 14.0 Å². The number of benzene rings is 1. The van der Waals surface area contributed by atoms with Gasteiger partial charge in [-0.3, -0.25) is 0 Å². The Morgan fingerprint density at radius 1 is 1.12 bits per heavy atom. The van der Waals surface area contributed by atoms with Gasteiger partial charge in [0.1, 0.15) is 0 Å². The Morgan fingerprint density at radius 2 is 1.65 bits per heavy atom. The second kappa shape index (κ2) is 3.82. The van der Waals surface area contributed by atoms with E-state index in [1.807, 2.05) is 6.07 Å². The zero-order valence-corrected chi connectivity index (χ0v) is 11.3. The van der Waals surface area contributed by atoms with Crippen molar-refractivity contribution in [1.82, 2.24) is 4.72 Å². The largest absolute Gasteiger partial charge is 0.241 e. The van der Waals surface area contributed by atoms with Crippen molar-refractivity contribution in [1.29, 1.82) is 0 Å². The molecule has 1 fully saturated rings. The first kappa shape index (κ1) is 12.6. The van der Waals surface area contributed by atoms with Crippen molar-refractivity contribution in [3.8, 4) is 0 Å². The highest BCUT2D eigenvalue weighted by atomic mass is 32.2. The van der Waals surface area contributed by atoms with Gasteiger partial charge < -0.3 is 0 Å². The molecule has 0 aromatic heterocycles. The van der Waals surface area contributed by atoms with Crippen LogP contribution in [0, 0.1) is 5.41 Å². The van der Waals surface area contributed by atoms with Crippen LogP contribution in [0.2, 0.25) is 0 Å². The monoisotopic (exact) mass is 253 g/mol. The van der Waals surface area contributed by atoms with Gasteiger partial charge in [0.2, 0.25) is 10.0 Å². The van der Waals surface area contributed by atoms with Crippen LogP contribution in [0.1, 0.15) is 33.6 Å². The van der Waals surface area contributed by atoms with E-state index in [1.165, 1.54) is 0 Å². The molecule has 3 nitrogen and oxygen atoms in total. The van der Waals surface area contributed by atoms with E-state index in [4.69, 9.17) is 0 Å². The van der Waals surface area contributed by atoms with Crippen LogP contribution >= 0.6 is 0 Å². The number of nitrogens with one attached hydrogen (secondary N) is 1. The van der Waals surface area contributed by atoms with Crippen LogP contribution in [0.4, 0.5) is 0 Å². The fourth-order valence-electron chi connectivity index (χ4n) is 2.05. The zero-order chi connectivity index (χ0) is 12.7. The van der Waals surface area contributed by atoms with Crippen molar-refractivity contribution in [3.05, 3.63) is 30.3 Å². The van der Waals surface area contributed by atoms with Gasteiger partial charge in [-0.05, 0) is 30.4 Å². The summed E-state index contributed by atoms with van der Waals surface area (Å²) in [7, 11) is -3.39. The molecular formula is C13H19NO2S. The van der Waals surface area contributed by atoms with Crippen molar-refractivity contribution in [3.63, 3.8) is 0 Å². The molecule has 0 bridgehead atoms. The van der Waals surface area contributed by atoms with E-state index < -0.39 is 10.0 Å². The molecular weight excluding hydrogens is 234 g/mol. The van der Waals surface area contributed by atoms with Gasteiger partial charge in [0.05, 0.1) is 4.90 Å². The average molecular weight is 253 g/mol. The molecule has 0 amide bonds. The van der Waals surface area contributed by atoms with Crippen molar-refractivity contribution in [2.75, 3.05) is 0 Å². The summed E-state index contributed by atoms with van der Waals surface area (Å²) in [6.45, 7) is 6.23. The normalized spacial score (nSPS) is 19.0. The van der Waals surface area contributed by atoms with Crippen molar-refractivity contribution >= 4 is 10.0 Å². The molecule has 0 spiro atoms. The standard InChI is InChI=1S/C13H19NO2S/c1-12(2,3)13(9-10-13)14-17(15,16)11-7-5-4-6-8-11/h4-8,14H,9-10H2,1-3H3. The minimum atomic E-state index is -3.39. The highest BCUT2D eigenvalue weighted by Crippen LogP contribution is 2.50. The highest BCUT2D eigenvalue weighted by Gasteiger charge is 2.54. The third-order valence-corrected chi connectivity index (χ3v) is 5.12. The Balaban J connectivity index is 2.26. The lowest BCUT2D eigenvalue weighted by atomic mass is 9.85. The smallest absolute Gasteiger partial charge is 0.207 e. The lowest BCUT2D eigenvalue weighted by Gasteiger charge is -2.31. The second-order valence-corrected chi connectivity index (χ2v) is 7.43. The molecule has 1 aromatic rings. The molecule has 1 aromatic carbocycles. The number of rotatable bonds is 3. The summed E-state index contributed by atoms with van der Waals surface area (Å²) in [6, 6.07) is 8.55. The lowest BCUT2D eigenvalue weighted by molar-refractivity contribution is 0.278. The van der Waals surface area contributed by atoms with Gasteiger partial charge in [-0.1, -0.05) is 39.0 Å². The van der Waals surface area contributed by atoms with Gasteiger partial charge in [-0.15, -0.1) is 0 Å². The summed E-state index contributed by atoms with van der Waals surface area (Å²) in [6.07, 6.45) is 1.84. The molecule has 0 aliphatic heterocycles. The van der Waals surface area contributed by atoms with Crippen LogP contribution in [0.25, 0.3) is 0 Å². The predicted molar refractivity (Wildman–Crippen MR) is 68.2 cm³/mol. The van der Waals surface area contributed by atoms with E-state index in [-0.39, 0.29) is 11.0 Å². The summed E-state index contributed by atoms with van der Waals surface area (Å²) >= 11 is 0. The van der Waals surface area contributed by atoms with E-state index in [0.717, 1.165) is 12.8 Å². The summed E-state index contributed by atoms with van der Waals surface area (Å²) < 4.78 is 27.3. The maximum atomic E-state index is 12.2. The zero-order valence-electron chi connectivity index (χ0n) is 10.5. The maximum absolute atomic E-state index is 12.2. The van der Waals surface area contributed by atoms with Gasteiger partial charge in [-0.2, -0.15) is 0 Å². The van der Waals surface area contributed by atoms with Crippen LogP contribution < -0.4 is 4.72 Å². The summed E-state index contributed by atoms with van der Waals surface area (Å²) in [5.41, 5.74) is -0.309. The van der Waals surface area contributed by atoms with Gasteiger partial charge in [0.15, 0.2) is 0 Å². The Kier molecular flexibility index (Phi) is 2.83. The molecule has 0 heterocycles. The molecule has 1 aliphatic rings. The first-order valence-electron chi connectivity index (χ1n) is 5.86. The molecule has 17 heavy (non-hydrogen) atoms. The topological polar surface area (TPSA) is 46.2 Å². The third-order valence-electron chi connectivity index (χ3n) is 3.57. The Hall–Kier alpha value is -0.870. The van der Waals surface area contributed by atoms with Crippen molar-refractivity contribution in [2.24, 2.45) is 5.41 Å². The van der Waals surface area contributed by atoms with Gasteiger partial charge in [0.25, 0.3) is 0 Å². The predicted octanol–water partition coefficient (Wildman–Crippen LogP) is 2.54. The second-order valence-electron chi connectivity index (χ2n) is 5.75. The molecule has 0 atom stereocenters. The summed E-state index contributed by atoms with van der Waals surface area (Å²) in [4.78, 5) is 0.343. The SMILES string of the molecule is CC(C)(C)C1(NS(=O)(=O)c2ccccc2)CC1. The van der Waals surface area contributed by atoms with Crippen LogP contribution in [-0.2, 0) is 10.0 Å². The fraction of sp³-hybridized carbons (Fsp3) is 0.538. The summed E-state index contributed by atoms with van der Waals surface area (Å²) in [5.74, 6) is 0. The molecule has 1 N–H and O–H groups in total. The molecule has 0 saturated heterocycles. The minimum absolute atomic E-state index is 0.0468. The molecule has 94 valence electrons. The molecule has 1 saturated carbocycles. The molecule has 0 radical (unpaired) electrons. The lowest BCUT2D eigenvalue weighted by Crippen LogP contribution is -2.45. The minimum Gasteiger partial charge on any atom is -0.207 e. The molecule has 4 heteroatoms. The fourth-order valence-corrected chi connectivity index (χ4v) is 3.70. The maximum Gasteiger partial charge on any atom is 0.241 e. The van der Waals surface area contributed by atoms with Crippen molar-refractivity contribution in [2.45, 2.75) is 44.0 Å². The van der Waals surface area contributed by atoms with E-state index in [9.17, 15) is 8.42 Å². The summed E-state index contributed by atoms with van der Waals surface area (Å²) in [5, 5.41) is 0. The first-order chi connectivity index (χ1) is 7.77. The third kappa shape index (κ3) is 2.38. The Bertz CT molecular complexity index is 496. The highest BCUT2D eigenvalue weighted by molar-refractivity contribution is 7.89. The van der Waals surface area contributed by atoms with Crippen LogP contribution in [0.5, 0.6) is 0 Å². The van der Waals surface area contributed by atoms with Crippen molar-refractivity contribution < 1.29 is 8.42 Å². The first-order valence-corrected chi connectivity index (χ1v) is 7.34. The van der Waals surface area contributed by atoms with Gasteiger partial charge >= 0.3 is 0 Å². The van der Waals surface area contributed by atoms with Gasteiger partial charge in [-0.25, -0.2) is 13.1 Å². The Morgan fingerprint density at radius 3 is 2.06 bits per heavy atom. The van der Waals surface area contributed by atoms with Crippen LogP contribution in [0.15, 0.2) is 35.2 Å². The van der Waals surface area contributed by atoms with Gasteiger partial charge in [0, 0.05) is 5.54 Å².